The molecule has 0 fully saturated rings. The second-order valence-corrected chi connectivity index (χ2v) is 7.36. The Labute approximate surface area is 160 Å². The number of pyridine rings is 1. The van der Waals surface area contributed by atoms with E-state index in [2.05, 4.69) is 56.3 Å². The molecule has 3 aromatic rings. The van der Waals surface area contributed by atoms with Crippen molar-refractivity contribution in [2.45, 2.75) is 18.7 Å². The number of aromatic nitrogens is 1. The summed E-state index contributed by atoms with van der Waals surface area (Å²) in [6.45, 7) is 0. The van der Waals surface area contributed by atoms with Crippen LogP contribution in [0.2, 0.25) is 0 Å². The monoisotopic (exact) mass is 405 g/mol. The Balaban J connectivity index is 1.62. The summed E-state index contributed by atoms with van der Waals surface area (Å²) in [5.74, 6) is 0.917. The van der Waals surface area contributed by atoms with E-state index in [1.807, 2.05) is 30.3 Å². The molecular weight excluding hydrogens is 390 g/mol. The van der Waals surface area contributed by atoms with Crippen LogP contribution in [-0.2, 0) is 0 Å². The number of hydrogen-bond acceptors (Lipinski definition) is 4. The van der Waals surface area contributed by atoms with Gasteiger partial charge in [0.05, 0.1) is 11.8 Å². The minimum absolute atomic E-state index is 0.157. The van der Waals surface area contributed by atoms with Gasteiger partial charge in [0, 0.05) is 34.4 Å². The number of halogens is 1. The zero-order chi connectivity index (χ0) is 17.5. The number of rotatable bonds is 2. The van der Waals surface area contributed by atoms with Gasteiger partial charge in [-0.2, -0.15) is 5.10 Å². The SMILES string of the molecule is Brc1ccc2c(c1)[C@@H]1CC(c3ccccc3)=NN1[C@H](c1ccncc1)O2. The van der Waals surface area contributed by atoms with Gasteiger partial charge in [0.2, 0.25) is 6.23 Å². The van der Waals surface area contributed by atoms with Gasteiger partial charge in [0.15, 0.2) is 0 Å². The van der Waals surface area contributed by atoms with Crippen LogP contribution in [0.15, 0.2) is 82.6 Å². The average molecular weight is 406 g/mol. The van der Waals surface area contributed by atoms with Crippen molar-refractivity contribution < 1.29 is 4.74 Å². The van der Waals surface area contributed by atoms with Crippen LogP contribution >= 0.6 is 15.9 Å². The van der Waals surface area contributed by atoms with Crippen molar-refractivity contribution in [1.29, 1.82) is 0 Å². The third-order valence-corrected chi connectivity index (χ3v) is 5.34. The summed E-state index contributed by atoms with van der Waals surface area (Å²) in [5, 5.41) is 7.05. The largest absolute Gasteiger partial charge is 0.464 e. The fraction of sp³-hybridized carbons (Fsp3) is 0.143. The van der Waals surface area contributed by atoms with Gasteiger partial charge in [-0.15, -0.1) is 0 Å². The van der Waals surface area contributed by atoms with Crippen LogP contribution < -0.4 is 4.74 Å². The van der Waals surface area contributed by atoms with Gasteiger partial charge in [0.1, 0.15) is 5.75 Å². The number of hydrazone groups is 1. The maximum atomic E-state index is 6.34. The van der Waals surface area contributed by atoms with Crippen LogP contribution in [0.3, 0.4) is 0 Å². The number of hydrogen-bond donors (Lipinski definition) is 0. The van der Waals surface area contributed by atoms with Gasteiger partial charge in [0.25, 0.3) is 0 Å². The van der Waals surface area contributed by atoms with Gasteiger partial charge in [-0.3, -0.25) is 4.98 Å². The van der Waals surface area contributed by atoms with Crippen molar-refractivity contribution >= 4 is 21.6 Å². The van der Waals surface area contributed by atoms with Gasteiger partial charge in [-0.25, -0.2) is 5.01 Å². The highest BCUT2D eigenvalue weighted by Crippen LogP contribution is 2.48. The maximum absolute atomic E-state index is 6.34. The Morgan fingerprint density at radius 2 is 1.81 bits per heavy atom. The Morgan fingerprint density at radius 3 is 2.62 bits per heavy atom. The smallest absolute Gasteiger partial charge is 0.213 e. The van der Waals surface area contributed by atoms with Crippen LogP contribution in [0, 0.1) is 0 Å². The zero-order valence-electron chi connectivity index (χ0n) is 13.9. The van der Waals surface area contributed by atoms with Crippen molar-refractivity contribution in [3.05, 3.63) is 94.2 Å². The number of ether oxygens (including phenoxy) is 1. The molecule has 0 unspecified atom stereocenters. The molecule has 128 valence electrons. The molecule has 0 saturated carbocycles. The molecule has 0 amide bonds. The molecule has 26 heavy (non-hydrogen) atoms. The second-order valence-electron chi connectivity index (χ2n) is 6.45. The van der Waals surface area contributed by atoms with Crippen molar-refractivity contribution in [2.24, 2.45) is 5.10 Å². The molecule has 2 aliphatic heterocycles. The maximum Gasteiger partial charge on any atom is 0.213 e. The summed E-state index contributed by atoms with van der Waals surface area (Å²) in [5.41, 5.74) is 4.47. The van der Waals surface area contributed by atoms with E-state index in [4.69, 9.17) is 9.84 Å². The molecule has 3 heterocycles. The lowest BCUT2D eigenvalue weighted by Gasteiger charge is -2.38. The first-order valence-corrected chi connectivity index (χ1v) is 9.36. The number of nitrogens with zero attached hydrogens (tertiary/aromatic N) is 3. The van der Waals surface area contributed by atoms with Gasteiger partial charge in [-0.1, -0.05) is 46.3 Å². The first-order valence-electron chi connectivity index (χ1n) is 8.57. The van der Waals surface area contributed by atoms with Crippen LogP contribution in [0.4, 0.5) is 0 Å². The Hall–Kier alpha value is -2.66. The van der Waals surface area contributed by atoms with Crippen molar-refractivity contribution in [3.63, 3.8) is 0 Å². The fourth-order valence-electron chi connectivity index (χ4n) is 3.61. The third kappa shape index (κ3) is 2.59. The molecule has 2 aromatic carbocycles. The Kier molecular flexibility index (Phi) is 3.75. The highest BCUT2D eigenvalue weighted by atomic mass is 79.9. The molecule has 5 rings (SSSR count). The molecule has 0 N–H and O–H groups in total. The minimum atomic E-state index is -0.252. The first-order chi connectivity index (χ1) is 12.8. The molecule has 0 saturated heterocycles. The summed E-state index contributed by atoms with van der Waals surface area (Å²) in [7, 11) is 0. The van der Waals surface area contributed by atoms with E-state index in [1.165, 1.54) is 5.56 Å². The van der Waals surface area contributed by atoms with Crippen molar-refractivity contribution in [3.8, 4) is 5.75 Å². The lowest BCUT2D eigenvalue weighted by atomic mass is 9.96. The van der Waals surface area contributed by atoms with E-state index in [1.54, 1.807) is 12.4 Å². The van der Waals surface area contributed by atoms with E-state index in [9.17, 15) is 0 Å². The molecule has 2 aliphatic rings. The van der Waals surface area contributed by atoms with Crippen molar-refractivity contribution in [2.75, 3.05) is 0 Å². The second kappa shape index (κ2) is 6.25. The molecular formula is C21H16BrN3O. The topological polar surface area (TPSA) is 37.7 Å². The molecule has 0 spiro atoms. The van der Waals surface area contributed by atoms with E-state index < -0.39 is 0 Å². The van der Waals surface area contributed by atoms with E-state index in [0.29, 0.717) is 0 Å². The lowest BCUT2D eigenvalue weighted by Crippen LogP contribution is -2.33. The summed E-state index contributed by atoms with van der Waals surface area (Å²) in [6, 6.07) is 20.7. The normalized spacial score (nSPS) is 20.8. The third-order valence-electron chi connectivity index (χ3n) is 4.85. The van der Waals surface area contributed by atoms with Crippen LogP contribution in [0.5, 0.6) is 5.75 Å². The number of fused-ring (bicyclic) bond motifs is 3. The van der Waals surface area contributed by atoms with Crippen LogP contribution in [0.1, 0.15) is 35.4 Å². The molecule has 1 aromatic heterocycles. The van der Waals surface area contributed by atoms with E-state index in [0.717, 1.165) is 33.5 Å². The average Bonchev–Trinajstić information content (AvgIpc) is 3.15. The van der Waals surface area contributed by atoms with Crippen LogP contribution in [0.25, 0.3) is 0 Å². The molecule has 5 heteroatoms. The van der Waals surface area contributed by atoms with E-state index in [-0.39, 0.29) is 12.3 Å². The molecule has 2 atom stereocenters. The molecule has 4 nitrogen and oxygen atoms in total. The highest BCUT2D eigenvalue weighted by molar-refractivity contribution is 9.10. The van der Waals surface area contributed by atoms with Gasteiger partial charge < -0.3 is 4.74 Å². The first kappa shape index (κ1) is 15.6. The fourth-order valence-corrected chi connectivity index (χ4v) is 3.99. The van der Waals surface area contributed by atoms with Crippen molar-refractivity contribution in [1.82, 2.24) is 9.99 Å². The molecule has 0 aliphatic carbocycles. The van der Waals surface area contributed by atoms with Gasteiger partial charge in [-0.05, 0) is 35.9 Å². The summed E-state index contributed by atoms with van der Waals surface area (Å²) >= 11 is 3.59. The zero-order valence-corrected chi connectivity index (χ0v) is 15.5. The highest BCUT2D eigenvalue weighted by Gasteiger charge is 2.40. The quantitative estimate of drug-likeness (QED) is 0.595. The van der Waals surface area contributed by atoms with Gasteiger partial charge >= 0.3 is 0 Å². The van der Waals surface area contributed by atoms with E-state index >= 15 is 0 Å². The molecule has 0 bridgehead atoms. The summed E-state index contributed by atoms with van der Waals surface area (Å²) in [4.78, 5) is 4.13. The lowest BCUT2D eigenvalue weighted by molar-refractivity contribution is -0.0191. The number of benzene rings is 2. The predicted molar refractivity (Wildman–Crippen MR) is 104 cm³/mol. The van der Waals surface area contributed by atoms with Crippen LogP contribution in [-0.4, -0.2) is 15.7 Å². The summed E-state index contributed by atoms with van der Waals surface area (Å²) < 4.78 is 7.39. The standard InChI is InChI=1S/C21H16BrN3O/c22-16-6-7-20-17(12-16)19-13-18(14-4-2-1-3-5-14)24-25(19)21(26-20)15-8-10-23-11-9-15/h1-12,19,21H,13H2/t19-,21-/m0/s1. The Morgan fingerprint density at radius 1 is 1.00 bits per heavy atom. The summed E-state index contributed by atoms with van der Waals surface area (Å²) in [6.07, 6.45) is 4.20. The molecule has 0 radical (unpaired) electrons. The predicted octanol–water partition coefficient (Wildman–Crippen LogP) is 5.09. The Bertz CT molecular complexity index is 975. The minimum Gasteiger partial charge on any atom is -0.464 e.